The van der Waals surface area contributed by atoms with Crippen LogP contribution in [0.15, 0.2) is 46.8 Å². The van der Waals surface area contributed by atoms with Crippen LogP contribution in [0.1, 0.15) is 39.1 Å². The van der Waals surface area contributed by atoms with Gasteiger partial charge in [0.25, 0.3) is 11.5 Å². The predicted molar refractivity (Wildman–Crippen MR) is 116 cm³/mol. The molecule has 30 heavy (non-hydrogen) atoms. The summed E-state index contributed by atoms with van der Waals surface area (Å²) in [6.07, 6.45) is 4.63. The predicted octanol–water partition coefficient (Wildman–Crippen LogP) is 2.52. The van der Waals surface area contributed by atoms with Crippen molar-refractivity contribution in [1.82, 2.24) is 24.3 Å². The summed E-state index contributed by atoms with van der Waals surface area (Å²) in [7, 11) is 2.02. The van der Waals surface area contributed by atoms with E-state index in [9.17, 15) is 9.59 Å². The van der Waals surface area contributed by atoms with Crippen LogP contribution in [0, 0.1) is 5.92 Å². The Bertz CT molecular complexity index is 1090. The highest BCUT2D eigenvalue weighted by molar-refractivity contribution is 7.09. The molecule has 2 bridgehead atoms. The van der Waals surface area contributed by atoms with Crippen molar-refractivity contribution in [3.05, 3.63) is 74.4 Å². The number of hydrogen-bond donors (Lipinski definition) is 1. The van der Waals surface area contributed by atoms with Gasteiger partial charge in [0.15, 0.2) is 0 Å². The molecule has 0 saturated carbocycles. The summed E-state index contributed by atoms with van der Waals surface area (Å²) in [5.74, 6) is 0.577. The van der Waals surface area contributed by atoms with Crippen LogP contribution in [0.2, 0.25) is 0 Å². The van der Waals surface area contributed by atoms with Gasteiger partial charge < -0.3 is 14.5 Å². The zero-order valence-electron chi connectivity index (χ0n) is 17.0. The molecule has 5 heterocycles. The second kappa shape index (κ2) is 7.85. The first-order valence-corrected chi connectivity index (χ1v) is 11.2. The van der Waals surface area contributed by atoms with E-state index in [4.69, 9.17) is 0 Å². The highest BCUT2D eigenvalue weighted by Gasteiger charge is 2.37. The molecule has 8 heteroatoms. The average molecular weight is 424 g/mol. The maximum absolute atomic E-state index is 13.2. The summed E-state index contributed by atoms with van der Waals surface area (Å²) in [6.45, 7) is 3.39. The molecular formula is C22H25N5O2S. The first kappa shape index (κ1) is 19.3. The molecular weight excluding hydrogens is 398 g/mol. The fraction of sp³-hybridized carbons (Fsp3) is 0.409. The zero-order valence-corrected chi connectivity index (χ0v) is 17.8. The number of pyridine rings is 1. The van der Waals surface area contributed by atoms with Gasteiger partial charge in [0.2, 0.25) is 0 Å². The first-order chi connectivity index (χ1) is 14.6. The number of nitrogens with zero attached hydrogens (tertiary/aromatic N) is 4. The number of carbonyl (C=O) groups excluding carboxylic acids is 1. The summed E-state index contributed by atoms with van der Waals surface area (Å²) < 4.78 is 1.96. The van der Waals surface area contributed by atoms with Gasteiger partial charge in [0.1, 0.15) is 10.7 Å². The lowest BCUT2D eigenvalue weighted by atomic mass is 9.83. The van der Waals surface area contributed by atoms with Crippen molar-refractivity contribution in [2.45, 2.75) is 32.0 Å². The molecule has 0 radical (unpaired) electrons. The molecule has 1 saturated heterocycles. The molecule has 2 aliphatic heterocycles. The minimum absolute atomic E-state index is 0.0472. The van der Waals surface area contributed by atoms with E-state index in [1.165, 1.54) is 0 Å². The highest BCUT2D eigenvalue weighted by Crippen LogP contribution is 2.35. The number of amides is 1. The molecule has 2 aliphatic rings. The fourth-order valence-electron chi connectivity index (χ4n) is 4.82. The highest BCUT2D eigenvalue weighted by atomic mass is 32.1. The van der Waals surface area contributed by atoms with E-state index in [2.05, 4.69) is 20.9 Å². The summed E-state index contributed by atoms with van der Waals surface area (Å²) in [5, 5.41) is 3.02. The van der Waals surface area contributed by atoms with Crippen LogP contribution in [0.4, 0.5) is 0 Å². The molecule has 1 amide bonds. The maximum atomic E-state index is 13.2. The van der Waals surface area contributed by atoms with Gasteiger partial charge in [0.05, 0.1) is 6.54 Å². The molecule has 5 rings (SSSR count). The van der Waals surface area contributed by atoms with Crippen molar-refractivity contribution in [1.29, 1.82) is 0 Å². The van der Waals surface area contributed by atoms with Crippen molar-refractivity contribution >= 4 is 17.2 Å². The molecule has 3 aromatic rings. The van der Waals surface area contributed by atoms with E-state index < -0.39 is 0 Å². The molecule has 0 unspecified atom stereocenters. The molecule has 1 N–H and O–H groups in total. The number of carbonyl (C=O) groups is 1. The Kier molecular flexibility index (Phi) is 5.04. The molecule has 2 atom stereocenters. The lowest BCUT2D eigenvalue weighted by Crippen LogP contribution is -2.49. The third kappa shape index (κ3) is 3.61. The Morgan fingerprint density at radius 3 is 2.93 bits per heavy atom. The van der Waals surface area contributed by atoms with Gasteiger partial charge >= 0.3 is 0 Å². The minimum atomic E-state index is 0.0472. The van der Waals surface area contributed by atoms with E-state index in [1.54, 1.807) is 17.5 Å². The summed E-state index contributed by atoms with van der Waals surface area (Å²) in [5.41, 5.74) is 2.62. The third-order valence-electron chi connectivity index (χ3n) is 6.13. The fourth-order valence-corrected chi connectivity index (χ4v) is 5.52. The number of aromatic nitrogens is 3. The van der Waals surface area contributed by atoms with Crippen molar-refractivity contribution in [3.8, 4) is 0 Å². The smallest absolute Gasteiger partial charge is 0.270 e. The molecule has 7 nitrogen and oxygen atoms in total. The van der Waals surface area contributed by atoms with Gasteiger partial charge in [-0.15, -0.1) is 11.3 Å². The van der Waals surface area contributed by atoms with Crippen LogP contribution < -0.4 is 5.56 Å². The Balaban J connectivity index is 1.34. The topological polar surface area (TPSA) is 74.2 Å². The summed E-state index contributed by atoms with van der Waals surface area (Å²) in [6, 6.07) is 7.73. The van der Waals surface area contributed by atoms with Gasteiger partial charge in [-0.2, -0.15) is 0 Å². The van der Waals surface area contributed by atoms with Crippen molar-refractivity contribution < 1.29 is 4.79 Å². The molecule has 3 aromatic heterocycles. The Morgan fingerprint density at radius 1 is 1.27 bits per heavy atom. The second-order valence-corrected chi connectivity index (χ2v) is 9.37. The second-order valence-electron chi connectivity index (χ2n) is 8.39. The van der Waals surface area contributed by atoms with E-state index in [0.29, 0.717) is 37.8 Å². The number of piperidine rings is 1. The van der Waals surface area contributed by atoms with Gasteiger partial charge in [-0.1, -0.05) is 6.07 Å². The van der Waals surface area contributed by atoms with Crippen LogP contribution in [0.3, 0.4) is 0 Å². The summed E-state index contributed by atoms with van der Waals surface area (Å²) >= 11 is 1.63. The summed E-state index contributed by atoms with van der Waals surface area (Å²) in [4.78, 5) is 37.4. The van der Waals surface area contributed by atoms with Crippen molar-refractivity contribution in [2.24, 2.45) is 5.92 Å². The number of rotatable bonds is 5. The SMILES string of the molecule is CN(Cc1nccs1)Cc1ccc2n(c1=O)C[C@H]1C[C@@H]2CN(C(=O)c2ccc[nH]2)C1. The number of nitrogens with one attached hydrogen (secondary N) is 1. The number of thiazole rings is 1. The molecule has 0 aromatic carbocycles. The largest absolute Gasteiger partial charge is 0.357 e. The minimum Gasteiger partial charge on any atom is -0.357 e. The number of hydrogen-bond acceptors (Lipinski definition) is 5. The van der Waals surface area contributed by atoms with Crippen molar-refractivity contribution in [2.75, 3.05) is 20.1 Å². The van der Waals surface area contributed by atoms with E-state index in [1.807, 2.05) is 46.3 Å². The van der Waals surface area contributed by atoms with Crippen LogP contribution in [0.25, 0.3) is 0 Å². The van der Waals surface area contributed by atoms with Gasteiger partial charge in [-0.05, 0) is 37.6 Å². The van der Waals surface area contributed by atoms with Crippen LogP contribution in [-0.2, 0) is 19.6 Å². The van der Waals surface area contributed by atoms with Gasteiger partial charge in [-0.25, -0.2) is 4.98 Å². The quantitative estimate of drug-likeness (QED) is 0.684. The monoisotopic (exact) mass is 423 g/mol. The Labute approximate surface area is 179 Å². The number of fused-ring (bicyclic) bond motifs is 4. The number of aromatic amines is 1. The normalized spacial score (nSPS) is 20.4. The van der Waals surface area contributed by atoms with E-state index >= 15 is 0 Å². The Hall–Kier alpha value is -2.71. The van der Waals surface area contributed by atoms with Crippen LogP contribution in [0.5, 0.6) is 0 Å². The molecule has 156 valence electrons. The van der Waals surface area contributed by atoms with E-state index in [0.717, 1.165) is 29.2 Å². The molecule has 0 spiro atoms. The van der Waals surface area contributed by atoms with Gasteiger partial charge in [0, 0.05) is 61.1 Å². The van der Waals surface area contributed by atoms with Crippen LogP contribution in [-0.4, -0.2) is 50.4 Å². The average Bonchev–Trinajstić information content (AvgIpc) is 3.44. The zero-order chi connectivity index (χ0) is 20.7. The van der Waals surface area contributed by atoms with Gasteiger partial charge in [-0.3, -0.25) is 14.5 Å². The first-order valence-electron chi connectivity index (χ1n) is 10.3. The standard InChI is InChI=1S/C22H25N5O2S/c1-25(14-20-24-7-8-30-20)12-16-4-5-19-17-9-15(11-27(19)21(16)28)10-26(13-17)22(29)18-3-2-6-23-18/h2-8,15,17,23H,9-14H2,1H3/t15-,17+/m0/s1. The number of likely N-dealkylation sites (tertiary alicyclic amines) is 1. The molecule has 0 aliphatic carbocycles. The number of H-pyrrole nitrogens is 1. The van der Waals surface area contributed by atoms with Crippen molar-refractivity contribution in [3.63, 3.8) is 0 Å². The lowest BCUT2D eigenvalue weighted by molar-refractivity contribution is 0.0589. The molecule has 1 fully saturated rings. The third-order valence-corrected chi connectivity index (χ3v) is 6.89. The van der Waals surface area contributed by atoms with E-state index in [-0.39, 0.29) is 17.4 Å². The Morgan fingerprint density at radius 2 is 2.17 bits per heavy atom. The van der Waals surface area contributed by atoms with Crippen LogP contribution >= 0.6 is 11.3 Å². The maximum Gasteiger partial charge on any atom is 0.270 e. The lowest BCUT2D eigenvalue weighted by Gasteiger charge is -2.42.